The molecule has 0 aliphatic carbocycles. The van der Waals surface area contributed by atoms with Crippen LogP contribution in [0.1, 0.15) is 44.5 Å². The molecule has 14 heteroatoms. The van der Waals surface area contributed by atoms with Crippen molar-refractivity contribution in [3.05, 3.63) is 72.5 Å². The maximum absolute atomic E-state index is 12.7. The zero-order chi connectivity index (χ0) is 27.5. The molecule has 2 aromatic rings. The molecule has 1 saturated heterocycles. The molecule has 1 aromatic heterocycles. The predicted octanol–water partition coefficient (Wildman–Crippen LogP) is 4.32. The van der Waals surface area contributed by atoms with Crippen molar-refractivity contribution < 1.29 is 27.7 Å². The quantitative estimate of drug-likeness (QED) is 0.196. The fourth-order valence-electron chi connectivity index (χ4n) is 3.51. The predicted molar refractivity (Wildman–Crippen MR) is 138 cm³/mol. The number of nitro benzene ring substituents is 1. The van der Waals surface area contributed by atoms with Gasteiger partial charge in [0, 0.05) is 28.8 Å². The van der Waals surface area contributed by atoms with Gasteiger partial charge in [0.05, 0.1) is 17.1 Å². The molecule has 1 aliphatic rings. The first-order chi connectivity index (χ1) is 17.2. The highest BCUT2D eigenvalue weighted by molar-refractivity contribution is 7.33. The lowest BCUT2D eigenvalue weighted by molar-refractivity contribution is -0.385. The summed E-state index contributed by atoms with van der Waals surface area (Å²) in [7, 11) is -4.85. The second-order valence-corrected chi connectivity index (χ2v) is 16.2. The lowest BCUT2D eigenvalue weighted by Crippen LogP contribution is -2.44. The van der Waals surface area contributed by atoms with Crippen LogP contribution in [0.15, 0.2) is 40.1 Å². The highest BCUT2D eigenvalue weighted by Crippen LogP contribution is 2.40. The van der Waals surface area contributed by atoms with Gasteiger partial charge in [-0.2, -0.15) is 0 Å². The number of rotatable bonds is 10. The van der Waals surface area contributed by atoms with Crippen molar-refractivity contribution in [1.29, 1.82) is 0 Å². The molecule has 2 heterocycles. The molecule has 202 valence electrons. The van der Waals surface area contributed by atoms with E-state index >= 15 is 0 Å². The Morgan fingerprint density at radius 1 is 1.27 bits per heavy atom. The number of aryl methyl sites for hydroxylation is 1. The van der Waals surface area contributed by atoms with E-state index in [1.165, 1.54) is 29.0 Å². The second-order valence-electron chi connectivity index (χ2n) is 10.4. The first-order valence-corrected chi connectivity index (χ1v) is 15.8. The van der Waals surface area contributed by atoms with Gasteiger partial charge in [0.2, 0.25) is 0 Å². The summed E-state index contributed by atoms with van der Waals surface area (Å²) in [5.74, 6) is 0. The minimum atomic E-state index is -2.68. The Labute approximate surface area is 216 Å². The van der Waals surface area contributed by atoms with Crippen molar-refractivity contribution in [2.45, 2.75) is 77.3 Å². The summed E-state index contributed by atoms with van der Waals surface area (Å²) < 4.78 is 37.3. The van der Waals surface area contributed by atoms with Gasteiger partial charge in [-0.3, -0.25) is 24.5 Å². The van der Waals surface area contributed by atoms with Gasteiger partial charge in [-0.1, -0.05) is 32.9 Å². The molecular weight excluding hydrogens is 521 g/mol. The molecule has 1 N–H and O–H groups in total. The maximum atomic E-state index is 12.7. The number of benzene rings is 1. The maximum Gasteiger partial charge on any atom is 0.698 e. The number of H-pyrrole nitrogens is 1. The SMILES string of the molecule is Cc1cn([C@H]2C[C@H](O[P+](=O)OCc3ccccc3[N+](=O)[O-])[C@@H](CO[Si](C)(C)C(C)(C)C)O2)c(=O)[nH]c1=O. The second kappa shape index (κ2) is 11.5. The third-order valence-corrected chi connectivity index (χ3v) is 12.1. The molecule has 0 saturated carbocycles. The molecule has 0 bridgehead atoms. The molecule has 1 aliphatic heterocycles. The summed E-state index contributed by atoms with van der Waals surface area (Å²) in [5.41, 5.74) is -0.684. The average Bonchev–Trinajstić information content (AvgIpc) is 3.20. The Balaban J connectivity index is 1.76. The molecule has 12 nitrogen and oxygen atoms in total. The average molecular weight is 555 g/mol. The number of hydrogen-bond donors (Lipinski definition) is 1. The summed E-state index contributed by atoms with van der Waals surface area (Å²) in [5, 5.41) is 11.2. The van der Waals surface area contributed by atoms with Gasteiger partial charge in [-0.15, -0.1) is 9.05 Å². The van der Waals surface area contributed by atoms with Crippen molar-refractivity contribution >= 4 is 22.3 Å². The molecule has 0 spiro atoms. The monoisotopic (exact) mass is 554 g/mol. The summed E-state index contributed by atoms with van der Waals surface area (Å²) in [6, 6.07) is 5.99. The van der Waals surface area contributed by atoms with E-state index in [9.17, 15) is 24.3 Å². The zero-order valence-corrected chi connectivity index (χ0v) is 23.7. The number of hydrogen-bond acceptors (Lipinski definition) is 9. The van der Waals surface area contributed by atoms with E-state index in [1.807, 2.05) is 0 Å². The molecule has 1 aromatic carbocycles. The summed E-state index contributed by atoms with van der Waals surface area (Å²) in [6.45, 7) is 11.9. The Morgan fingerprint density at radius 3 is 2.59 bits per heavy atom. The number of para-hydroxylation sites is 1. The van der Waals surface area contributed by atoms with Gasteiger partial charge in [0.15, 0.2) is 8.32 Å². The Bertz CT molecular complexity index is 1270. The molecule has 3 rings (SSSR count). The lowest BCUT2D eigenvalue weighted by atomic mass is 10.2. The van der Waals surface area contributed by atoms with E-state index < -0.39 is 51.2 Å². The van der Waals surface area contributed by atoms with Crippen molar-refractivity contribution in [3.8, 4) is 0 Å². The lowest BCUT2D eigenvalue weighted by Gasteiger charge is -2.37. The highest BCUT2D eigenvalue weighted by atomic mass is 31.1. The smallest absolute Gasteiger partial charge is 0.414 e. The summed E-state index contributed by atoms with van der Waals surface area (Å²) in [6.07, 6.45) is -0.674. The molecular formula is C23H33N3O9PSi+. The van der Waals surface area contributed by atoms with E-state index in [0.717, 1.165) is 0 Å². The fourth-order valence-corrected chi connectivity index (χ4v) is 5.28. The molecule has 37 heavy (non-hydrogen) atoms. The number of nitrogens with zero attached hydrogens (tertiary/aromatic N) is 2. The minimum absolute atomic E-state index is 0.0625. The van der Waals surface area contributed by atoms with E-state index in [2.05, 4.69) is 38.8 Å². The Morgan fingerprint density at radius 2 is 1.95 bits per heavy atom. The van der Waals surface area contributed by atoms with Gasteiger partial charge >= 0.3 is 13.9 Å². The van der Waals surface area contributed by atoms with Crippen molar-refractivity contribution in [1.82, 2.24) is 9.55 Å². The van der Waals surface area contributed by atoms with Crippen molar-refractivity contribution in [2.24, 2.45) is 0 Å². The Kier molecular flexibility index (Phi) is 8.99. The van der Waals surface area contributed by atoms with Crippen LogP contribution in [0.25, 0.3) is 0 Å². The molecule has 0 radical (unpaired) electrons. The molecule has 0 amide bonds. The van der Waals surface area contributed by atoms with Gasteiger partial charge < -0.3 is 9.16 Å². The van der Waals surface area contributed by atoms with Crippen LogP contribution in [0.5, 0.6) is 0 Å². The number of nitrogens with one attached hydrogen (secondary N) is 1. The molecule has 4 atom stereocenters. The standard InChI is InChI=1S/C23H32N3O9PSi/c1-15-12-25(22(28)24-21(15)27)20-11-18(19(34-20)14-33-37(5,6)23(2,3)4)35-36(31)32-13-16-9-7-8-10-17(16)26(29)30/h7-10,12,18-20H,11,13-14H2,1-6H3/p+1/t18-,19+,20+/m0/s1. The topological polar surface area (TPSA) is 152 Å². The third-order valence-electron chi connectivity index (χ3n) is 6.79. The first kappa shape index (κ1) is 29.0. The number of aromatic amines is 1. The number of ether oxygens (including phenoxy) is 1. The normalized spacial score (nSPS) is 20.7. The van der Waals surface area contributed by atoms with Gasteiger partial charge in [-0.05, 0) is 31.1 Å². The van der Waals surface area contributed by atoms with Crippen LogP contribution in [0.3, 0.4) is 0 Å². The number of aromatic nitrogens is 2. The van der Waals surface area contributed by atoms with E-state index in [4.69, 9.17) is 18.2 Å². The van der Waals surface area contributed by atoms with Crippen LogP contribution >= 0.6 is 8.25 Å². The van der Waals surface area contributed by atoms with E-state index in [1.54, 1.807) is 13.0 Å². The van der Waals surface area contributed by atoms with Crippen LogP contribution in [-0.4, -0.2) is 41.6 Å². The summed E-state index contributed by atoms with van der Waals surface area (Å²) >= 11 is 0. The van der Waals surface area contributed by atoms with Crippen LogP contribution in [0.2, 0.25) is 18.1 Å². The van der Waals surface area contributed by atoms with E-state index in [0.29, 0.717) is 5.56 Å². The Hall–Kier alpha value is -2.54. The van der Waals surface area contributed by atoms with Gasteiger partial charge in [-0.25, -0.2) is 4.79 Å². The van der Waals surface area contributed by atoms with E-state index in [-0.39, 0.29) is 35.9 Å². The largest absolute Gasteiger partial charge is 0.698 e. The molecule has 1 fully saturated rings. The van der Waals surface area contributed by atoms with Crippen LogP contribution < -0.4 is 11.2 Å². The van der Waals surface area contributed by atoms with Crippen LogP contribution in [-0.2, 0) is 29.4 Å². The van der Waals surface area contributed by atoms with Crippen LogP contribution in [0.4, 0.5) is 5.69 Å². The molecule has 1 unspecified atom stereocenters. The van der Waals surface area contributed by atoms with Crippen molar-refractivity contribution in [3.63, 3.8) is 0 Å². The zero-order valence-electron chi connectivity index (χ0n) is 21.8. The number of nitro groups is 1. The van der Waals surface area contributed by atoms with Crippen LogP contribution in [0, 0.1) is 17.0 Å². The third kappa shape index (κ3) is 7.06. The highest BCUT2D eigenvalue weighted by Gasteiger charge is 2.46. The van der Waals surface area contributed by atoms with Gasteiger partial charge in [0.1, 0.15) is 25.0 Å². The van der Waals surface area contributed by atoms with Gasteiger partial charge in [0.25, 0.3) is 11.2 Å². The summed E-state index contributed by atoms with van der Waals surface area (Å²) in [4.78, 5) is 37.2. The minimum Gasteiger partial charge on any atom is -0.414 e. The fraction of sp³-hybridized carbons (Fsp3) is 0.565. The van der Waals surface area contributed by atoms with Crippen molar-refractivity contribution in [2.75, 3.05) is 6.61 Å². The first-order valence-electron chi connectivity index (χ1n) is 11.8.